The van der Waals surface area contributed by atoms with Crippen LogP contribution >= 0.6 is 0 Å². The van der Waals surface area contributed by atoms with Crippen LogP contribution in [0.3, 0.4) is 0 Å². The molecule has 2 fully saturated rings. The van der Waals surface area contributed by atoms with Gasteiger partial charge >= 0.3 is 0 Å². The third kappa shape index (κ3) is 3.33. The zero-order valence-electron chi connectivity index (χ0n) is 12.6. The third-order valence-electron chi connectivity index (χ3n) is 4.32. The number of carbonyl (C=O) groups is 1. The number of carbonyl (C=O) groups excluding carboxylic acids is 1. The lowest BCUT2D eigenvalue weighted by Crippen LogP contribution is -2.48. The van der Waals surface area contributed by atoms with Gasteiger partial charge in [-0.05, 0) is 18.9 Å². The van der Waals surface area contributed by atoms with Crippen LogP contribution in [0, 0.1) is 5.92 Å². The van der Waals surface area contributed by atoms with Crippen LogP contribution < -0.4 is 0 Å². The number of ether oxygens (including phenoxy) is 1. The molecule has 3 rings (SSSR count). The van der Waals surface area contributed by atoms with Gasteiger partial charge < -0.3 is 9.64 Å². The number of morpholine rings is 1. The van der Waals surface area contributed by atoms with Crippen molar-refractivity contribution in [3.8, 4) is 0 Å². The average molecular weight is 323 g/mol. The van der Waals surface area contributed by atoms with Crippen LogP contribution in [0.4, 0.5) is 0 Å². The van der Waals surface area contributed by atoms with Crippen molar-refractivity contribution in [2.45, 2.75) is 25.6 Å². The summed E-state index contributed by atoms with van der Waals surface area (Å²) >= 11 is 0. The molecule has 0 unspecified atom stereocenters. The van der Waals surface area contributed by atoms with Gasteiger partial charge in [0.1, 0.15) is 6.10 Å². The molecule has 0 radical (unpaired) electrons. The fraction of sp³-hybridized carbons (Fsp3) is 0.562. The van der Waals surface area contributed by atoms with E-state index in [0.717, 1.165) is 5.56 Å². The molecule has 3 atom stereocenters. The summed E-state index contributed by atoms with van der Waals surface area (Å²) in [5, 5.41) is 0. The monoisotopic (exact) mass is 323 g/mol. The molecule has 5 nitrogen and oxygen atoms in total. The number of benzene rings is 1. The van der Waals surface area contributed by atoms with Gasteiger partial charge in [0.05, 0.1) is 30.1 Å². The molecule has 0 N–H and O–H groups in total. The van der Waals surface area contributed by atoms with Gasteiger partial charge in [-0.3, -0.25) is 4.79 Å². The van der Waals surface area contributed by atoms with Crippen LogP contribution in [0.1, 0.15) is 25.0 Å². The molecular formula is C16H21NO4S. The molecule has 2 heterocycles. The molecule has 0 spiro atoms. The zero-order valence-corrected chi connectivity index (χ0v) is 13.5. The van der Waals surface area contributed by atoms with Crippen molar-refractivity contribution in [3.63, 3.8) is 0 Å². The number of hydrogen-bond acceptors (Lipinski definition) is 4. The summed E-state index contributed by atoms with van der Waals surface area (Å²) in [7, 11) is -3.04. The van der Waals surface area contributed by atoms with E-state index in [2.05, 4.69) is 0 Å². The van der Waals surface area contributed by atoms with E-state index in [9.17, 15) is 13.2 Å². The second kappa shape index (κ2) is 6.01. The summed E-state index contributed by atoms with van der Waals surface area (Å²) < 4.78 is 29.1. The minimum atomic E-state index is -3.04. The summed E-state index contributed by atoms with van der Waals surface area (Å²) in [5.41, 5.74) is 1.05. The Kier molecular flexibility index (Phi) is 4.23. The second-order valence-corrected chi connectivity index (χ2v) is 8.42. The lowest BCUT2D eigenvalue weighted by atomic mass is 10.0. The molecule has 1 aromatic rings. The Bertz CT molecular complexity index is 643. The number of nitrogens with zero attached hydrogens (tertiary/aromatic N) is 1. The largest absolute Gasteiger partial charge is 0.367 e. The highest BCUT2D eigenvalue weighted by molar-refractivity contribution is 7.91. The normalized spacial score (nSPS) is 31.1. The van der Waals surface area contributed by atoms with Crippen LogP contribution in [0.25, 0.3) is 0 Å². The number of sulfone groups is 1. The number of rotatable bonds is 2. The van der Waals surface area contributed by atoms with E-state index in [4.69, 9.17) is 4.74 Å². The van der Waals surface area contributed by atoms with Crippen LogP contribution in [-0.2, 0) is 19.4 Å². The number of amides is 1. The van der Waals surface area contributed by atoms with Gasteiger partial charge in [0, 0.05) is 6.54 Å². The fourth-order valence-corrected chi connectivity index (χ4v) is 4.96. The Hall–Kier alpha value is -1.40. The Labute approximate surface area is 131 Å². The molecule has 6 heteroatoms. The number of hydrogen-bond donors (Lipinski definition) is 0. The van der Waals surface area contributed by atoms with E-state index in [1.54, 1.807) is 4.90 Å². The van der Waals surface area contributed by atoms with Crippen molar-refractivity contribution in [3.05, 3.63) is 35.9 Å². The Morgan fingerprint density at radius 1 is 1.23 bits per heavy atom. The minimum absolute atomic E-state index is 0.00637. The summed E-state index contributed by atoms with van der Waals surface area (Å²) in [6, 6.07) is 9.83. The quantitative estimate of drug-likeness (QED) is 0.825. The zero-order chi connectivity index (χ0) is 15.7. The predicted molar refractivity (Wildman–Crippen MR) is 83.1 cm³/mol. The molecule has 2 saturated heterocycles. The van der Waals surface area contributed by atoms with E-state index in [-0.39, 0.29) is 35.5 Å². The lowest BCUT2D eigenvalue weighted by Gasteiger charge is -2.38. The summed E-state index contributed by atoms with van der Waals surface area (Å²) in [4.78, 5) is 14.4. The molecule has 0 aliphatic carbocycles. The topological polar surface area (TPSA) is 63.7 Å². The molecule has 0 bridgehead atoms. The van der Waals surface area contributed by atoms with Crippen molar-refractivity contribution >= 4 is 15.7 Å². The first kappa shape index (κ1) is 15.5. The molecular weight excluding hydrogens is 302 g/mol. The van der Waals surface area contributed by atoms with Crippen LogP contribution in [0.15, 0.2) is 30.3 Å². The smallest absolute Gasteiger partial charge is 0.226 e. The Morgan fingerprint density at radius 3 is 2.59 bits per heavy atom. The van der Waals surface area contributed by atoms with Gasteiger partial charge in [0.2, 0.25) is 5.91 Å². The maximum atomic E-state index is 12.6. The van der Waals surface area contributed by atoms with Gasteiger partial charge in [-0.15, -0.1) is 0 Å². The molecule has 2 aliphatic heterocycles. The summed E-state index contributed by atoms with van der Waals surface area (Å²) in [6.45, 7) is 2.96. The standard InChI is InChI=1S/C16H21NO4S/c1-12-9-17(16(18)14-7-8-22(19,20)11-14)10-15(21-12)13-5-3-2-4-6-13/h2-6,12,14-15H,7-11H2,1H3/t12-,14-,15+/m1/s1. The molecule has 0 aromatic heterocycles. The maximum Gasteiger partial charge on any atom is 0.226 e. The van der Waals surface area contributed by atoms with Crippen molar-refractivity contribution in [1.82, 2.24) is 4.90 Å². The molecule has 2 aliphatic rings. The highest BCUT2D eigenvalue weighted by Crippen LogP contribution is 2.28. The Balaban J connectivity index is 1.72. The van der Waals surface area contributed by atoms with Crippen LogP contribution in [0.2, 0.25) is 0 Å². The van der Waals surface area contributed by atoms with Gasteiger partial charge in [0.15, 0.2) is 9.84 Å². The molecule has 0 saturated carbocycles. The summed E-state index contributed by atoms with van der Waals surface area (Å²) in [6.07, 6.45) is 0.246. The molecule has 1 aromatic carbocycles. The van der Waals surface area contributed by atoms with Crippen molar-refractivity contribution < 1.29 is 17.9 Å². The van der Waals surface area contributed by atoms with E-state index >= 15 is 0 Å². The first-order valence-electron chi connectivity index (χ1n) is 7.64. The Morgan fingerprint density at radius 2 is 1.95 bits per heavy atom. The van der Waals surface area contributed by atoms with Crippen molar-refractivity contribution in [2.75, 3.05) is 24.6 Å². The minimum Gasteiger partial charge on any atom is -0.367 e. The highest BCUT2D eigenvalue weighted by Gasteiger charge is 2.38. The predicted octanol–water partition coefficient (Wildman–Crippen LogP) is 1.41. The van der Waals surface area contributed by atoms with Gasteiger partial charge in [-0.1, -0.05) is 30.3 Å². The van der Waals surface area contributed by atoms with Gasteiger partial charge in [-0.25, -0.2) is 8.42 Å². The van der Waals surface area contributed by atoms with E-state index in [1.165, 1.54) is 0 Å². The lowest BCUT2D eigenvalue weighted by molar-refractivity contribution is -0.148. The summed E-state index contributed by atoms with van der Waals surface area (Å²) in [5.74, 6) is -0.303. The van der Waals surface area contributed by atoms with E-state index in [0.29, 0.717) is 19.5 Å². The van der Waals surface area contributed by atoms with E-state index in [1.807, 2.05) is 37.3 Å². The van der Waals surface area contributed by atoms with Gasteiger partial charge in [0.25, 0.3) is 0 Å². The first-order chi connectivity index (χ1) is 10.4. The van der Waals surface area contributed by atoms with Crippen molar-refractivity contribution in [1.29, 1.82) is 0 Å². The van der Waals surface area contributed by atoms with E-state index < -0.39 is 9.84 Å². The van der Waals surface area contributed by atoms with Crippen molar-refractivity contribution in [2.24, 2.45) is 5.92 Å². The maximum absolute atomic E-state index is 12.6. The highest BCUT2D eigenvalue weighted by atomic mass is 32.2. The van der Waals surface area contributed by atoms with Crippen LogP contribution in [-0.4, -0.2) is 49.9 Å². The molecule has 1 amide bonds. The second-order valence-electron chi connectivity index (χ2n) is 6.19. The first-order valence-corrected chi connectivity index (χ1v) is 9.46. The van der Waals surface area contributed by atoms with Crippen LogP contribution in [0.5, 0.6) is 0 Å². The third-order valence-corrected chi connectivity index (χ3v) is 6.09. The molecule has 120 valence electrons. The van der Waals surface area contributed by atoms with Gasteiger partial charge in [-0.2, -0.15) is 0 Å². The fourth-order valence-electron chi connectivity index (χ4n) is 3.23. The molecule has 22 heavy (non-hydrogen) atoms. The average Bonchev–Trinajstić information content (AvgIpc) is 2.87. The SMILES string of the molecule is C[C@@H]1CN(C(=O)[C@@H]2CCS(=O)(=O)C2)C[C@@H](c2ccccc2)O1.